The zero-order chi connectivity index (χ0) is 18.1. The Kier molecular flexibility index (Phi) is 4.06. The summed E-state index contributed by atoms with van der Waals surface area (Å²) in [6.45, 7) is 0. The Morgan fingerprint density at radius 2 is 1.56 bits per heavy atom. The average Bonchev–Trinajstić information content (AvgIpc) is 2.64. The standard InChI is InChI=1S/C18H13NO6/c1-24-17(20)12-7-4-6-11-15-10(5-3-8-14(15)19(22)23)9-13(16(11)12)18(21)25-2/h3-9H,1-2H3. The lowest BCUT2D eigenvalue weighted by atomic mass is 9.93. The number of hydrogen-bond acceptors (Lipinski definition) is 6. The third-order valence-electron chi connectivity index (χ3n) is 3.98. The number of non-ortho nitro benzene ring substituents is 1. The molecule has 0 heterocycles. The molecular formula is C18H13NO6. The fourth-order valence-electron chi connectivity index (χ4n) is 2.95. The highest BCUT2D eigenvalue weighted by Crippen LogP contribution is 2.36. The zero-order valence-corrected chi connectivity index (χ0v) is 13.4. The maximum Gasteiger partial charge on any atom is 0.338 e. The molecule has 0 atom stereocenters. The van der Waals surface area contributed by atoms with Gasteiger partial charge in [-0.25, -0.2) is 9.59 Å². The summed E-state index contributed by atoms with van der Waals surface area (Å²) in [6, 6.07) is 10.8. The number of fused-ring (bicyclic) bond motifs is 3. The van der Waals surface area contributed by atoms with Crippen LogP contribution in [0.5, 0.6) is 0 Å². The van der Waals surface area contributed by atoms with Crippen molar-refractivity contribution in [3.8, 4) is 0 Å². The van der Waals surface area contributed by atoms with Crippen molar-refractivity contribution < 1.29 is 24.0 Å². The molecule has 0 saturated heterocycles. The number of benzene rings is 3. The molecule has 0 aliphatic heterocycles. The van der Waals surface area contributed by atoms with Crippen molar-refractivity contribution in [2.45, 2.75) is 0 Å². The van der Waals surface area contributed by atoms with Crippen molar-refractivity contribution in [2.75, 3.05) is 14.2 Å². The van der Waals surface area contributed by atoms with Crippen LogP contribution in [0.1, 0.15) is 20.7 Å². The summed E-state index contributed by atoms with van der Waals surface area (Å²) in [4.78, 5) is 35.3. The van der Waals surface area contributed by atoms with Crippen molar-refractivity contribution in [1.29, 1.82) is 0 Å². The first-order valence-electron chi connectivity index (χ1n) is 7.29. The van der Waals surface area contributed by atoms with E-state index in [4.69, 9.17) is 9.47 Å². The van der Waals surface area contributed by atoms with Crippen molar-refractivity contribution in [3.05, 3.63) is 63.7 Å². The molecule has 0 saturated carbocycles. The number of hydrogen-bond donors (Lipinski definition) is 0. The fraction of sp³-hybridized carbons (Fsp3) is 0.111. The van der Waals surface area contributed by atoms with Crippen LogP contribution in [-0.2, 0) is 9.47 Å². The van der Waals surface area contributed by atoms with Gasteiger partial charge in [0.1, 0.15) is 0 Å². The predicted octanol–water partition coefficient (Wildman–Crippen LogP) is 3.47. The second kappa shape index (κ2) is 6.20. The molecule has 0 spiro atoms. The smallest absolute Gasteiger partial charge is 0.338 e. The van der Waals surface area contributed by atoms with Gasteiger partial charge in [-0.1, -0.05) is 24.3 Å². The Morgan fingerprint density at radius 1 is 0.920 bits per heavy atom. The molecule has 0 radical (unpaired) electrons. The van der Waals surface area contributed by atoms with E-state index in [0.29, 0.717) is 16.2 Å². The molecule has 25 heavy (non-hydrogen) atoms. The highest BCUT2D eigenvalue weighted by Gasteiger charge is 2.23. The quantitative estimate of drug-likeness (QED) is 0.314. The van der Waals surface area contributed by atoms with Gasteiger partial charge in [-0.05, 0) is 22.9 Å². The molecule has 3 aromatic carbocycles. The van der Waals surface area contributed by atoms with Crippen LogP contribution in [-0.4, -0.2) is 31.1 Å². The van der Waals surface area contributed by atoms with E-state index >= 15 is 0 Å². The summed E-state index contributed by atoms with van der Waals surface area (Å²) in [6.07, 6.45) is 0. The Hall–Kier alpha value is -3.48. The zero-order valence-electron chi connectivity index (χ0n) is 13.4. The van der Waals surface area contributed by atoms with Gasteiger partial charge in [0.25, 0.3) is 5.69 Å². The van der Waals surface area contributed by atoms with Gasteiger partial charge in [0.15, 0.2) is 0 Å². The van der Waals surface area contributed by atoms with E-state index in [9.17, 15) is 19.7 Å². The molecule has 3 aromatic rings. The molecule has 0 aliphatic rings. The van der Waals surface area contributed by atoms with Crippen LogP contribution in [0.3, 0.4) is 0 Å². The summed E-state index contributed by atoms with van der Waals surface area (Å²) < 4.78 is 9.59. The van der Waals surface area contributed by atoms with Crippen molar-refractivity contribution in [2.24, 2.45) is 0 Å². The van der Waals surface area contributed by atoms with E-state index in [0.717, 1.165) is 0 Å². The van der Waals surface area contributed by atoms with E-state index in [1.807, 2.05) is 0 Å². The van der Waals surface area contributed by atoms with Crippen LogP contribution in [0.15, 0.2) is 42.5 Å². The van der Waals surface area contributed by atoms with Crippen molar-refractivity contribution >= 4 is 39.2 Å². The Bertz CT molecular complexity index is 1040. The number of carbonyl (C=O) groups excluding carboxylic acids is 2. The van der Waals surface area contributed by atoms with Crippen molar-refractivity contribution in [3.63, 3.8) is 0 Å². The Morgan fingerprint density at radius 3 is 2.20 bits per heavy atom. The SMILES string of the molecule is COC(=O)c1cccc2c1c(C(=O)OC)cc1cccc([N+](=O)[O-])c12. The molecule has 7 nitrogen and oxygen atoms in total. The summed E-state index contributed by atoms with van der Waals surface area (Å²) in [7, 11) is 2.45. The summed E-state index contributed by atoms with van der Waals surface area (Å²) in [5.41, 5.74) is 0.174. The molecule has 0 N–H and O–H groups in total. The normalized spacial score (nSPS) is 10.6. The predicted molar refractivity (Wildman–Crippen MR) is 90.8 cm³/mol. The highest BCUT2D eigenvalue weighted by molar-refractivity contribution is 6.23. The van der Waals surface area contributed by atoms with Gasteiger partial charge in [-0.15, -0.1) is 0 Å². The van der Waals surface area contributed by atoms with Gasteiger partial charge >= 0.3 is 11.9 Å². The van der Waals surface area contributed by atoms with Crippen LogP contribution < -0.4 is 0 Å². The van der Waals surface area contributed by atoms with Crippen LogP contribution in [0.4, 0.5) is 5.69 Å². The maximum atomic E-state index is 12.2. The van der Waals surface area contributed by atoms with E-state index in [-0.39, 0.29) is 22.2 Å². The minimum absolute atomic E-state index is 0.110. The number of nitro benzene ring substituents is 1. The summed E-state index contributed by atoms with van der Waals surface area (Å²) in [5, 5.41) is 13.0. The third-order valence-corrected chi connectivity index (χ3v) is 3.98. The van der Waals surface area contributed by atoms with Crippen LogP contribution in [0.2, 0.25) is 0 Å². The van der Waals surface area contributed by atoms with Crippen LogP contribution in [0, 0.1) is 10.1 Å². The fourth-order valence-corrected chi connectivity index (χ4v) is 2.95. The number of methoxy groups -OCH3 is 2. The highest BCUT2D eigenvalue weighted by atomic mass is 16.6. The van der Waals surface area contributed by atoms with Crippen LogP contribution >= 0.6 is 0 Å². The Balaban J connectivity index is 2.60. The molecule has 0 fully saturated rings. The van der Waals surface area contributed by atoms with Gasteiger partial charge in [0, 0.05) is 11.5 Å². The van der Waals surface area contributed by atoms with E-state index in [2.05, 4.69) is 0 Å². The molecule has 0 aliphatic carbocycles. The first-order chi connectivity index (χ1) is 12.0. The van der Waals surface area contributed by atoms with Gasteiger partial charge in [-0.2, -0.15) is 0 Å². The number of nitro groups is 1. The van der Waals surface area contributed by atoms with Gasteiger partial charge < -0.3 is 9.47 Å². The molecule has 3 rings (SSSR count). The number of esters is 2. The number of carbonyl (C=O) groups is 2. The second-order valence-corrected chi connectivity index (χ2v) is 5.27. The third kappa shape index (κ3) is 2.55. The molecule has 0 bridgehead atoms. The lowest BCUT2D eigenvalue weighted by Gasteiger charge is -2.12. The molecule has 0 aromatic heterocycles. The van der Waals surface area contributed by atoms with Gasteiger partial charge in [0.05, 0.1) is 35.7 Å². The van der Waals surface area contributed by atoms with Gasteiger partial charge in [0.2, 0.25) is 0 Å². The molecule has 126 valence electrons. The largest absolute Gasteiger partial charge is 0.465 e. The second-order valence-electron chi connectivity index (χ2n) is 5.27. The maximum absolute atomic E-state index is 12.2. The number of nitrogens with zero attached hydrogens (tertiary/aromatic N) is 1. The van der Waals surface area contributed by atoms with E-state index in [1.165, 1.54) is 38.5 Å². The number of ether oxygens (including phenoxy) is 2. The molecule has 0 unspecified atom stereocenters. The summed E-state index contributed by atoms with van der Waals surface area (Å²) in [5.74, 6) is -1.29. The van der Waals surface area contributed by atoms with Gasteiger partial charge in [-0.3, -0.25) is 10.1 Å². The molecular weight excluding hydrogens is 326 g/mol. The van der Waals surface area contributed by atoms with Crippen LogP contribution in [0.25, 0.3) is 21.5 Å². The monoisotopic (exact) mass is 339 g/mol. The summed E-state index contributed by atoms with van der Waals surface area (Å²) >= 11 is 0. The average molecular weight is 339 g/mol. The molecule has 7 heteroatoms. The minimum atomic E-state index is -0.645. The molecule has 0 amide bonds. The topological polar surface area (TPSA) is 95.7 Å². The first kappa shape index (κ1) is 16.4. The van der Waals surface area contributed by atoms with E-state index < -0.39 is 16.9 Å². The lowest BCUT2D eigenvalue weighted by Crippen LogP contribution is -2.08. The number of rotatable bonds is 3. The lowest BCUT2D eigenvalue weighted by molar-refractivity contribution is -0.383. The first-order valence-corrected chi connectivity index (χ1v) is 7.29. The Labute approximate surface area is 141 Å². The van der Waals surface area contributed by atoms with Crippen molar-refractivity contribution in [1.82, 2.24) is 0 Å². The minimum Gasteiger partial charge on any atom is -0.465 e. The van der Waals surface area contributed by atoms with E-state index in [1.54, 1.807) is 18.2 Å².